The number of nitrogens with one attached hydrogen (secondary N) is 1. The molecule has 27 heavy (non-hydrogen) atoms. The molecule has 0 aliphatic heterocycles. The molecule has 2 aromatic heterocycles. The average Bonchev–Trinajstić information content (AvgIpc) is 3.08. The van der Waals surface area contributed by atoms with Gasteiger partial charge in [0.15, 0.2) is 5.16 Å². The van der Waals surface area contributed by atoms with Crippen LogP contribution in [0, 0.1) is 5.92 Å². The minimum atomic E-state index is -0.0524. The molecule has 0 saturated heterocycles. The fraction of sp³-hybridized carbons (Fsp3) is 0.474. The molecule has 1 N–H and O–H groups in total. The molecule has 8 heteroatoms. The Balaban J connectivity index is 2.04. The van der Waals surface area contributed by atoms with Gasteiger partial charge in [-0.05, 0) is 30.9 Å². The molecule has 3 rings (SSSR count). The molecule has 0 atom stereocenters. The number of carbonyl (C=O) groups excluding carboxylic acids is 1. The second kappa shape index (κ2) is 8.56. The standard InChI is InChI=1S/C19H25N5O2S/c1-4-10-20-16(25)12-27-19-22-21-18-23(11-9-13(2)3)17(26)14-7-5-6-8-15(14)24(18)19/h5-8,13H,4,9-12H2,1-3H3,(H,20,25). The first kappa shape index (κ1) is 19.4. The Morgan fingerprint density at radius 3 is 2.78 bits per heavy atom. The number of benzene rings is 1. The molecule has 0 saturated carbocycles. The number of amides is 1. The quantitative estimate of drug-likeness (QED) is 0.601. The lowest BCUT2D eigenvalue weighted by atomic mass is 10.1. The minimum Gasteiger partial charge on any atom is -0.355 e. The van der Waals surface area contributed by atoms with Crippen molar-refractivity contribution in [2.75, 3.05) is 12.3 Å². The Morgan fingerprint density at radius 2 is 2.04 bits per heavy atom. The van der Waals surface area contributed by atoms with Crippen molar-refractivity contribution in [1.29, 1.82) is 0 Å². The summed E-state index contributed by atoms with van der Waals surface area (Å²) in [5.41, 5.74) is 0.711. The smallest absolute Gasteiger partial charge is 0.262 e. The number of hydrogen-bond acceptors (Lipinski definition) is 5. The summed E-state index contributed by atoms with van der Waals surface area (Å²) < 4.78 is 3.57. The van der Waals surface area contributed by atoms with Gasteiger partial charge in [-0.3, -0.25) is 18.6 Å². The van der Waals surface area contributed by atoms with Crippen LogP contribution in [0.5, 0.6) is 0 Å². The third kappa shape index (κ3) is 4.16. The molecule has 3 aromatic rings. The van der Waals surface area contributed by atoms with E-state index in [9.17, 15) is 9.59 Å². The number of nitrogens with zero attached hydrogens (tertiary/aromatic N) is 4. The van der Waals surface area contributed by atoms with E-state index in [-0.39, 0.29) is 17.2 Å². The Labute approximate surface area is 162 Å². The molecule has 0 aliphatic rings. The molecular weight excluding hydrogens is 362 g/mol. The highest BCUT2D eigenvalue weighted by molar-refractivity contribution is 7.99. The maximum Gasteiger partial charge on any atom is 0.262 e. The largest absolute Gasteiger partial charge is 0.355 e. The van der Waals surface area contributed by atoms with Gasteiger partial charge >= 0.3 is 0 Å². The van der Waals surface area contributed by atoms with E-state index in [1.54, 1.807) is 4.57 Å². The van der Waals surface area contributed by atoms with Crippen molar-refractivity contribution in [3.8, 4) is 0 Å². The number of carbonyl (C=O) groups is 1. The van der Waals surface area contributed by atoms with Crippen LogP contribution in [0.15, 0.2) is 34.2 Å². The number of para-hydroxylation sites is 1. The highest BCUT2D eigenvalue weighted by atomic mass is 32.2. The summed E-state index contributed by atoms with van der Waals surface area (Å²) >= 11 is 1.33. The van der Waals surface area contributed by atoms with Gasteiger partial charge < -0.3 is 5.32 Å². The lowest BCUT2D eigenvalue weighted by Gasteiger charge is -2.12. The van der Waals surface area contributed by atoms with Gasteiger partial charge in [-0.2, -0.15) is 0 Å². The average molecular weight is 388 g/mol. The van der Waals surface area contributed by atoms with Crippen molar-refractivity contribution in [2.45, 2.75) is 45.3 Å². The zero-order chi connectivity index (χ0) is 19.4. The summed E-state index contributed by atoms with van der Waals surface area (Å²) in [4.78, 5) is 24.9. The van der Waals surface area contributed by atoms with E-state index in [0.29, 0.717) is 35.3 Å². The highest BCUT2D eigenvalue weighted by Gasteiger charge is 2.17. The van der Waals surface area contributed by atoms with E-state index in [2.05, 4.69) is 29.4 Å². The van der Waals surface area contributed by atoms with Crippen LogP contribution in [-0.2, 0) is 11.3 Å². The zero-order valence-corrected chi connectivity index (χ0v) is 16.8. The van der Waals surface area contributed by atoms with Gasteiger partial charge in [-0.1, -0.05) is 44.7 Å². The molecule has 0 spiro atoms. The fourth-order valence-corrected chi connectivity index (χ4v) is 3.63. The molecule has 1 amide bonds. The van der Waals surface area contributed by atoms with Gasteiger partial charge in [0.25, 0.3) is 5.56 Å². The maximum atomic E-state index is 13.0. The van der Waals surface area contributed by atoms with Gasteiger partial charge in [-0.15, -0.1) is 10.2 Å². The second-order valence-corrected chi connectivity index (χ2v) is 7.86. The predicted molar refractivity (Wildman–Crippen MR) is 108 cm³/mol. The van der Waals surface area contributed by atoms with Gasteiger partial charge in [0.2, 0.25) is 11.7 Å². The zero-order valence-electron chi connectivity index (χ0n) is 15.9. The SMILES string of the molecule is CCCNC(=O)CSc1nnc2n(CCC(C)C)c(=O)c3ccccc3n12. The van der Waals surface area contributed by atoms with Crippen LogP contribution in [0.4, 0.5) is 0 Å². The van der Waals surface area contributed by atoms with E-state index < -0.39 is 0 Å². The molecule has 0 radical (unpaired) electrons. The topological polar surface area (TPSA) is 81.3 Å². The summed E-state index contributed by atoms with van der Waals surface area (Å²) in [7, 11) is 0. The number of hydrogen-bond donors (Lipinski definition) is 1. The lowest BCUT2D eigenvalue weighted by molar-refractivity contribution is -0.118. The predicted octanol–water partition coefficient (Wildman–Crippen LogP) is 2.71. The van der Waals surface area contributed by atoms with Crippen LogP contribution in [-0.4, -0.2) is 37.4 Å². The number of aryl methyl sites for hydroxylation is 1. The Morgan fingerprint density at radius 1 is 1.26 bits per heavy atom. The van der Waals surface area contributed by atoms with Crippen molar-refractivity contribution < 1.29 is 4.79 Å². The van der Waals surface area contributed by atoms with Gasteiger partial charge in [0.1, 0.15) is 0 Å². The number of rotatable bonds is 8. The summed E-state index contributed by atoms with van der Waals surface area (Å²) in [6.45, 7) is 7.52. The van der Waals surface area contributed by atoms with Crippen LogP contribution in [0.1, 0.15) is 33.6 Å². The summed E-state index contributed by atoms with van der Waals surface area (Å²) in [6, 6.07) is 7.46. The molecule has 0 aliphatic carbocycles. The third-order valence-corrected chi connectivity index (χ3v) is 5.24. The monoisotopic (exact) mass is 387 g/mol. The number of thioether (sulfide) groups is 1. The van der Waals surface area contributed by atoms with Crippen molar-refractivity contribution >= 4 is 34.3 Å². The van der Waals surface area contributed by atoms with Crippen LogP contribution in [0.2, 0.25) is 0 Å². The lowest BCUT2D eigenvalue weighted by Crippen LogP contribution is -2.26. The van der Waals surface area contributed by atoms with E-state index in [4.69, 9.17) is 0 Å². The van der Waals surface area contributed by atoms with E-state index >= 15 is 0 Å². The van der Waals surface area contributed by atoms with E-state index in [1.807, 2.05) is 35.6 Å². The second-order valence-electron chi connectivity index (χ2n) is 6.91. The molecule has 1 aromatic carbocycles. The van der Waals surface area contributed by atoms with Gasteiger partial charge in [0, 0.05) is 13.1 Å². The van der Waals surface area contributed by atoms with Crippen molar-refractivity contribution in [1.82, 2.24) is 24.5 Å². The van der Waals surface area contributed by atoms with Crippen LogP contribution in [0.3, 0.4) is 0 Å². The molecule has 7 nitrogen and oxygen atoms in total. The molecule has 0 unspecified atom stereocenters. The maximum absolute atomic E-state index is 13.0. The molecule has 144 valence electrons. The van der Waals surface area contributed by atoms with Crippen molar-refractivity contribution in [2.24, 2.45) is 5.92 Å². The first-order valence-corrected chi connectivity index (χ1v) is 10.3. The Hall–Kier alpha value is -2.35. The van der Waals surface area contributed by atoms with Crippen LogP contribution in [0.25, 0.3) is 16.7 Å². The molecule has 0 bridgehead atoms. The normalized spacial score (nSPS) is 11.6. The van der Waals surface area contributed by atoms with E-state index in [1.165, 1.54) is 11.8 Å². The van der Waals surface area contributed by atoms with Gasteiger partial charge in [0.05, 0.1) is 16.7 Å². The summed E-state index contributed by atoms with van der Waals surface area (Å²) in [5.74, 6) is 1.23. The van der Waals surface area contributed by atoms with Gasteiger partial charge in [-0.25, -0.2) is 0 Å². The molecular formula is C19H25N5O2S. The Bertz CT molecular complexity index is 1010. The number of fused-ring (bicyclic) bond motifs is 3. The third-order valence-electron chi connectivity index (χ3n) is 4.31. The van der Waals surface area contributed by atoms with Crippen LogP contribution >= 0.6 is 11.8 Å². The fourth-order valence-electron chi connectivity index (χ4n) is 2.86. The first-order chi connectivity index (χ1) is 13.0. The van der Waals surface area contributed by atoms with Crippen LogP contribution < -0.4 is 10.9 Å². The Kier molecular flexibility index (Phi) is 6.15. The van der Waals surface area contributed by atoms with Crippen molar-refractivity contribution in [3.63, 3.8) is 0 Å². The highest BCUT2D eigenvalue weighted by Crippen LogP contribution is 2.21. The van der Waals surface area contributed by atoms with E-state index in [0.717, 1.165) is 18.4 Å². The summed E-state index contributed by atoms with van der Waals surface area (Å²) in [6.07, 6.45) is 1.78. The first-order valence-electron chi connectivity index (χ1n) is 9.29. The minimum absolute atomic E-state index is 0.0314. The van der Waals surface area contributed by atoms with Crippen molar-refractivity contribution in [3.05, 3.63) is 34.6 Å². The molecule has 0 fully saturated rings. The summed E-state index contributed by atoms with van der Waals surface area (Å²) in [5, 5.41) is 12.6. The number of aromatic nitrogens is 4. The molecule has 2 heterocycles.